The van der Waals surface area contributed by atoms with Gasteiger partial charge in [-0.3, -0.25) is 24.6 Å². The van der Waals surface area contributed by atoms with Gasteiger partial charge in [-0.15, -0.1) is 0 Å². The highest BCUT2D eigenvalue weighted by molar-refractivity contribution is 6.68. The molecule has 2 aromatic rings. The summed E-state index contributed by atoms with van der Waals surface area (Å²) >= 11 is 18.7. The van der Waals surface area contributed by atoms with E-state index in [2.05, 4.69) is 5.32 Å². The van der Waals surface area contributed by atoms with E-state index in [0.29, 0.717) is 19.6 Å². The molecule has 2 aliphatic heterocycles. The number of amides is 1. The Balaban J connectivity index is 1.56. The lowest BCUT2D eigenvalue weighted by molar-refractivity contribution is -0.384. The second-order valence-electron chi connectivity index (χ2n) is 7.87. The summed E-state index contributed by atoms with van der Waals surface area (Å²) in [6.07, 6.45) is 0.00973. The Labute approximate surface area is 192 Å². The maximum Gasteiger partial charge on any atom is 0.269 e. The molecule has 0 saturated carbocycles. The quantitative estimate of drug-likeness (QED) is 0.407. The van der Waals surface area contributed by atoms with Crippen LogP contribution < -0.4 is 10.9 Å². The monoisotopic (exact) mass is 484 g/mol. The van der Waals surface area contributed by atoms with Crippen LogP contribution in [0, 0.1) is 16.0 Å². The molecule has 8 nitrogen and oxygen atoms in total. The molecule has 2 bridgehead atoms. The van der Waals surface area contributed by atoms with Gasteiger partial charge in [0.15, 0.2) is 0 Å². The van der Waals surface area contributed by atoms with E-state index in [4.69, 9.17) is 34.8 Å². The number of non-ortho nitro benzene ring substituents is 1. The number of hydrogen-bond acceptors (Lipinski definition) is 5. The van der Waals surface area contributed by atoms with Gasteiger partial charge in [-0.1, -0.05) is 40.9 Å². The Morgan fingerprint density at radius 3 is 2.48 bits per heavy atom. The van der Waals surface area contributed by atoms with E-state index in [9.17, 15) is 19.7 Å². The molecule has 1 fully saturated rings. The first kappa shape index (κ1) is 22.1. The van der Waals surface area contributed by atoms with Crippen molar-refractivity contribution in [1.29, 1.82) is 0 Å². The minimum Gasteiger partial charge on any atom is -0.332 e. The number of nitro benzene ring substituents is 1. The minimum absolute atomic E-state index is 0.0231. The van der Waals surface area contributed by atoms with Crippen molar-refractivity contribution >= 4 is 46.4 Å². The van der Waals surface area contributed by atoms with Crippen LogP contribution in [0.4, 0.5) is 5.69 Å². The number of piperidine rings is 1. The second-order valence-corrected chi connectivity index (χ2v) is 10.2. The molecule has 11 heteroatoms. The van der Waals surface area contributed by atoms with Gasteiger partial charge in [-0.25, -0.2) is 0 Å². The second kappa shape index (κ2) is 8.43. The first-order valence-corrected chi connectivity index (χ1v) is 10.8. The maximum atomic E-state index is 12.8. The molecule has 3 heterocycles. The predicted molar refractivity (Wildman–Crippen MR) is 118 cm³/mol. The average molecular weight is 486 g/mol. The highest BCUT2D eigenvalue weighted by Gasteiger charge is 2.44. The third-order valence-electron chi connectivity index (χ3n) is 5.79. The zero-order chi connectivity index (χ0) is 22.3. The number of halogens is 3. The first-order chi connectivity index (χ1) is 14.6. The van der Waals surface area contributed by atoms with Gasteiger partial charge in [-0.2, -0.15) is 0 Å². The molecule has 0 unspecified atom stereocenters. The Hall–Kier alpha value is -2.13. The summed E-state index contributed by atoms with van der Waals surface area (Å²) in [6.45, 7) is 1.64. The van der Waals surface area contributed by atoms with E-state index in [1.165, 1.54) is 24.3 Å². The lowest BCUT2D eigenvalue weighted by Gasteiger charge is -2.47. The molecule has 2 aliphatic rings. The van der Waals surface area contributed by atoms with Crippen molar-refractivity contribution in [3.05, 3.63) is 74.2 Å². The fraction of sp³-hybridized carbons (Fsp3) is 0.400. The van der Waals surface area contributed by atoms with Crippen molar-refractivity contribution < 1.29 is 9.72 Å². The van der Waals surface area contributed by atoms with Gasteiger partial charge in [0.1, 0.15) is 6.17 Å². The van der Waals surface area contributed by atoms with Crippen molar-refractivity contribution in [1.82, 2.24) is 14.8 Å². The van der Waals surface area contributed by atoms with Gasteiger partial charge < -0.3 is 9.88 Å². The predicted octanol–water partition coefficient (Wildman–Crippen LogP) is 3.30. The summed E-state index contributed by atoms with van der Waals surface area (Å²) in [6, 6.07) is 10.4. The average Bonchev–Trinajstić information content (AvgIpc) is 2.71. The SMILES string of the molecule is O=C(N[C@@H](N1C[C@@H]2C[C@H](C1)c1cccc(=O)n1C2)C(Cl)(Cl)Cl)c1ccc([N+](=O)[O-])cc1. The van der Waals surface area contributed by atoms with Crippen molar-refractivity contribution in [2.45, 2.75) is 28.8 Å². The highest BCUT2D eigenvalue weighted by atomic mass is 35.6. The number of hydrogen-bond donors (Lipinski definition) is 1. The first-order valence-electron chi connectivity index (χ1n) is 9.69. The number of nitrogens with zero attached hydrogens (tertiary/aromatic N) is 3. The number of nitro groups is 1. The molecular weight excluding hydrogens is 467 g/mol. The van der Waals surface area contributed by atoms with Crippen LogP contribution >= 0.6 is 34.8 Å². The van der Waals surface area contributed by atoms with Crippen molar-refractivity contribution in [3.63, 3.8) is 0 Å². The van der Waals surface area contributed by atoms with Crippen molar-refractivity contribution in [3.8, 4) is 0 Å². The molecule has 0 aliphatic carbocycles. The molecule has 1 aromatic carbocycles. The van der Waals surface area contributed by atoms with Gasteiger partial charge in [0.2, 0.25) is 3.79 Å². The van der Waals surface area contributed by atoms with Crippen LogP contribution in [0.1, 0.15) is 28.4 Å². The van der Waals surface area contributed by atoms with E-state index in [0.717, 1.165) is 12.1 Å². The van der Waals surface area contributed by atoms with Crippen molar-refractivity contribution in [2.75, 3.05) is 13.1 Å². The summed E-state index contributed by atoms with van der Waals surface area (Å²) < 4.78 is -0.00555. The molecule has 0 spiro atoms. The van der Waals surface area contributed by atoms with Gasteiger partial charge >= 0.3 is 0 Å². The molecular formula is C20H19Cl3N4O4. The number of pyridine rings is 1. The van der Waals surface area contributed by atoms with Gasteiger partial charge in [0, 0.05) is 55.0 Å². The molecule has 1 amide bonds. The smallest absolute Gasteiger partial charge is 0.269 e. The third-order valence-corrected chi connectivity index (χ3v) is 6.41. The van der Waals surface area contributed by atoms with Crippen LogP contribution in [-0.4, -0.2) is 43.3 Å². The molecule has 3 atom stereocenters. The molecule has 31 heavy (non-hydrogen) atoms. The standard InChI is InChI=1S/C20H19Cl3N4O4/c21-20(22,23)19(24-18(29)13-4-6-15(7-5-13)27(30)31)25-9-12-8-14(11-25)16-2-1-3-17(28)26(16)10-12/h1-7,12,14,19H,8-11H2,(H,24,29)/t12-,14+,19-/m0/s1. The number of carbonyl (C=O) groups excluding carboxylic acids is 1. The molecule has 4 rings (SSSR count). The number of carbonyl (C=O) groups is 1. The molecule has 0 radical (unpaired) electrons. The summed E-state index contributed by atoms with van der Waals surface area (Å²) in [5.41, 5.74) is 1.02. The number of benzene rings is 1. The minimum atomic E-state index is -1.81. The largest absolute Gasteiger partial charge is 0.332 e. The fourth-order valence-electron chi connectivity index (χ4n) is 4.47. The van der Waals surface area contributed by atoms with Gasteiger partial charge in [-0.05, 0) is 30.5 Å². The summed E-state index contributed by atoms with van der Waals surface area (Å²) in [7, 11) is 0. The lowest BCUT2D eigenvalue weighted by Crippen LogP contribution is -2.60. The van der Waals surface area contributed by atoms with E-state index in [1.54, 1.807) is 16.7 Å². The normalized spacial score (nSPS) is 21.8. The van der Waals surface area contributed by atoms with E-state index in [-0.39, 0.29) is 28.6 Å². The van der Waals surface area contributed by atoms with Crippen molar-refractivity contribution in [2.24, 2.45) is 5.92 Å². The number of fused-ring (bicyclic) bond motifs is 4. The Bertz CT molecular complexity index is 1070. The zero-order valence-electron chi connectivity index (χ0n) is 16.2. The number of alkyl halides is 3. The van der Waals surface area contributed by atoms with E-state index in [1.807, 2.05) is 11.0 Å². The van der Waals surface area contributed by atoms with Crippen LogP contribution in [0.25, 0.3) is 0 Å². The van der Waals surface area contributed by atoms with Crippen LogP contribution in [0.15, 0.2) is 47.3 Å². The van der Waals surface area contributed by atoms with E-state index < -0.39 is 20.8 Å². The summed E-state index contributed by atoms with van der Waals surface area (Å²) in [5, 5.41) is 13.6. The van der Waals surface area contributed by atoms with Crippen LogP contribution in [0.2, 0.25) is 0 Å². The lowest BCUT2D eigenvalue weighted by atomic mass is 9.83. The zero-order valence-corrected chi connectivity index (χ0v) is 18.5. The molecule has 1 saturated heterocycles. The molecule has 1 aromatic heterocycles. The maximum absolute atomic E-state index is 12.8. The number of likely N-dealkylation sites (tertiary alicyclic amines) is 1. The van der Waals surface area contributed by atoms with Crippen LogP contribution in [0.3, 0.4) is 0 Å². The third kappa shape index (κ3) is 4.57. The molecule has 1 N–H and O–H groups in total. The number of aromatic nitrogens is 1. The van der Waals surface area contributed by atoms with E-state index >= 15 is 0 Å². The van der Waals surface area contributed by atoms with Crippen LogP contribution in [-0.2, 0) is 6.54 Å². The van der Waals surface area contributed by atoms with Gasteiger partial charge in [0.25, 0.3) is 17.2 Å². The Morgan fingerprint density at radius 1 is 1.13 bits per heavy atom. The molecule has 164 valence electrons. The summed E-state index contributed by atoms with van der Waals surface area (Å²) in [5.74, 6) is -0.247. The topological polar surface area (TPSA) is 97.5 Å². The number of nitrogens with one attached hydrogen (secondary N) is 1. The number of rotatable bonds is 4. The van der Waals surface area contributed by atoms with Gasteiger partial charge in [0.05, 0.1) is 4.92 Å². The fourth-order valence-corrected chi connectivity index (χ4v) is 5.04. The Morgan fingerprint density at radius 2 is 1.84 bits per heavy atom. The van der Waals surface area contributed by atoms with Crippen LogP contribution in [0.5, 0.6) is 0 Å². The Kier molecular flexibility index (Phi) is 6.00. The summed E-state index contributed by atoms with van der Waals surface area (Å²) in [4.78, 5) is 37.2. The highest BCUT2D eigenvalue weighted by Crippen LogP contribution is 2.40.